The number of carbonyl (C=O) groups is 1. The van der Waals surface area contributed by atoms with Gasteiger partial charge in [0.05, 0.1) is 19.3 Å². The van der Waals surface area contributed by atoms with Crippen molar-refractivity contribution in [2.75, 3.05) is 56.2 Å². The number of carbonyl (C=O) groups excluding carboxylic acids is 1. The fraction of sp³-hybridized carbons (Fsp3) is 0.417. The number of amides is 1. The summed E-state index contributed by atoms with van der Waals surface area (Å²) in [5.41, 5.74) is 9.55. The van der Waals surface area contributed by atoms with Crippen molar-refractivity contribution < 1.29 is 22.7 Å². The van der Waals surface area contributed by atoms with Crippen molar-refractivity contribution in [3.05, 3.63) is 83.2 Å². The first-order valence-electron chi connectivity index (χ1n) is 16.2. The van der Waals surface area contributed by atoms with Crippen LogP contribution >= 0.6 is 11.3 Å². The van der Waals surface area contributed by atoms with E-state index >= 15 is 0 Å². The fourth-order valence-corrected chi connectivity index (χ4v) is 6.90. The molecule has 1 saturated heterocycles. The lowest BCUT2D eigenvalue weighted by molar-refractivity contribution is -0.161. The lowest BCUT2D eigenvalue weighted by Crippen LogP contribution is -2.50. The number of nitrogens with one attached hydrogen (secondary N) is 3. The van der Waals surface area contributed by atoms with E-state index < -0.39 is 24.2 Å². The first-order chi connectivity index (χ1) is 22.6. The Labute approximate surface area is 278 Å². The number of nitrogens with two attached hydrogens (primary N) is 1. The summed E-state index contributed by atoms with van der Waals surface area (Å²) in [6.07, 6.45) is -3.52. The molecule has 252 valence electrons. The van der Waals surface area contributed by atoms with E-state index in [4.69, 9.17) is 10.5 Å². The zero-order valence-corrected chi connectivity index (χ0v) is 27.7. The molecule has 2 heterocycles. The van der Waals surface area contributed by atoms with Gasteiger partial charge in [-0.15, -0.1) is 11.3 Å². The topological polar surface area (TPSA) is 91.6 Å². The zero-order chi connectivity index (χ0) is 33.4. The van der Waals surface area contributed by atoms with Gasteiger partial charge in [-0.05, 0) is 89.8 Å². The molecule has 1 aliphatic rings. The predicted molar refractivity (Wildman–Crippen MR) is 186 cm³/mol. The van der Waals surface area contributed by atoms with E-state index in [1.165, 1.54) is 17.0 Å². The van der Waals surface area contributed by atoms with E-state index in [0.717, 1.165) is 52.1 Å². The molecule has 4 aromatic rings. The van der Waals surface area contributed by atoms with Crippen LogP contribution in [0.15, 0.2) is 72.8 Å². The lowest BCUT2D eigenvalue weighted by atomic mass is 9.97. The van der Waals surface area contributed by atoms with Gasteiger partial charge < -0.3 is 26.0 Å². The standard InChI is InChI=1S/C36H44F3N5O2S/c1-24(2)21-32(35(45)42-16-15-41-29-8-10-30(11-9-29)44-17-19-46-20-18-44)43-34(36(37,38)39)26-5-3-25(4-6-26)27-7-12-33-28(22-27)23-31(47-33)13-14-40/h3-12,22-24,32,34,41,43H,13-21,40H2,1-2H3,(H,42,45). The van der Waals surface area contributed by atoms with Crippen molar-refractivity contribution in [3.63, 3.8) is 0 Å². The normalized spacial score (nSPS) is 15.2. The molecule has 2 unspecified atom stereocenters. The minimum absolute atomic E-state index is 0.00926. The van der Waals surface area contributed by atoms with Gasteiger partial charge in [-0.2, -0.15) is 13.2 Å². The second-order valence-corrected chi connectivity index (χ2v) is 13.5. The van der Waals surface area contributed by atoms with Gasteiger partial charge in [-0.3, -0.25) is 10.1 Å². The third kappa shape index (κ3) is 9.47. The second-order valence-electron chi connectivity index (χ2n) is 12.3. The lowest BCUT2D eigenvalue weighted by Gasteiger charge is -2.29. The van der Waals surface area contributed by atoms with E-state index in [-0.39, 0.29) is 24.4 Å². The molecule has 0 saturated carbocycles. The smallest absolute Gasteiger partial charge is 0.383 e. The largest absolute Gasteiger partial charge is 0.407 e. The Balaban J connectivity index is 1.20. The van der Waals surface area contributed by atoms with Gasteiger partial charge in [-0.25, -0.2) is 0 Å². The summed E-state index contributed by atoms with van der Waals surface area (Å²) in [6.45, 7) is 8.22. The van der Waals surface area contributed by atoms with Crippen LogP contribution in [0.1, 0.15) is 36.8 Å². The first kappa shape index (κ1) is 34.7. The molecule has 1 aromatic heterocycles. The minimum Gasteiger partial charge on any atom is -0.383 e. The Bertz CT molecular complexity index is 1590. The number of hydrogen-bond donors (Lipinski definition) is 4. The van der Waals surface area contributed by atoms with E-state index in [9.17, 15) is 18.0 Å². The molecular weight excluding hydrogens is 623 g/mol. The Hall–Kier alpha value is -3.64. The Morgan fingerprint density at radius 2 is 1.66 bits per heavy atom. The molecule has 5 rings (SSSR count). The van der Waals surface area contributed by atoms with Crippen LogP contribution < -0.4 is 26.6 Å². The summed E-state index contributed by atoms with van der Waals surface area (Å²) >= 11 is 1.70. The molecule has 7 nitrogen and oxygen atoms in total. The quantitative estimate of drug-likeness (QED) is 0.111. The van der Waals surface area contributed by atoms with Crippen molar-refractivity contribution >= 4 is 38.7 Å². The summed E-state index contributed by atoms with van der Waals surface area (Å²) in [7, 11) is 0. The number of benzene rings is 3. The second kappa shape index (κ2) is 16.0. The summed E-state index contributed by atoms with van der Waals surface area (Å²) in [4.78, 5) is 16.7. The number of halogens is 3. The molecule has 11 heteroatoms. The van der Waals surface area contributed by atoms with Gasteiger partial charge in [0, 0.05) is 47.1 Å². The van der Waals surface area contributed by atoms with Crippen LogP contribution in [0.2, 0.25) is 0 Å². The minimum atomic E-state index is -4.60. The fourth-order valence-electron chi connectivity index (χ4n) is 5.84. The number of ether oxygens (including phenoxy) is 1. The third-order valence-electron chi connectivity index (χ3n) is 8.25. The van der Waals surface area contributed by atoms with Crippen LogP contribution in [-0.2, 0) is 16.0 Å². The SMILES string of the molecule is CC(C)CC(NC(c1ccc(-c2ccc3sc(CCN)cc3c2)cc1)C(F)(F)F)C(=O)NCCNc1ccc(N2CCOCC2)cc1. The Kier molecular flexibility index (Phi) is 11.8. The van der Waals surface area contributed by atoms with Crippen LogP contribution in [0.3, 0.4) is 0 Å². The highest BCUT2D eigenvalue weighted by Gasteiger charge is 2.43. The van der Waals surface area contributed by atoms with Crippen LogP contribution in [0.4, 0.5) is 24.5 Å². The summed E-state index contributed by atoms with van der Waals surface area (Å²) in [6, 6.07) is 19.6. The number of morpholine rings is 1. The molecule has 1 fully saturated rings. The summed E-state index contributed by atoms with van der Waals surface area (Å²) in [5, 5.41) is 9.85. The highest BCUT2D eigenvalue weighted by Crippen LogP contribution is 2.36. The molecule has 1 aliphatic heterocycles. The number of anilines is 2. The Morgan fingerprint density at radius 1 is 0.957 bits per heavy atom. The maximum Gasteiger partial charge on any atom is 0.407 e. The number of nitrogens with zero attached hydrogens (tertiary/aromatic N) is 1. The molecule has 0 radical (unpaired) electrons. The third-order valence-corrected chi connectivity index (χ3v) is 9.43. The van der Waals surface area contributed by atoms with Crippen molar-refractivity contribution in [3.8, 4) is 11.1 Å². The molecule has 0 bridgehead atoms. The van der Waals surface area contributed by atoms with Gasteiger partial charge in [0.2, 0.25) is 5.91 Å². The highest BCUT2D eigenvalue weighted by atomic mass is 32.1. The van der Waals surface area contributed by atoms with Crippen molar-refractivity contribution in [2.24, 2.45) is 11.7 Å². The average Bonchev–Trinajstić information content (AvgIpc) is 3.47. The van der Waals surface area contributed by atoms with Gasteiger partial charge in [0.25, 0.3) is 0 Å². The van der Waals surface area contributed by atoms with Crippen molar-refractivity contribution in [1.82, 2.24) is 10.6 Å². The van der Waals surface area contributed by atoms with Crippen LogP contribution in [0.5, 0.6) is 0 Å². The monoisotopic (exact) mass is 667 g/mol. The van der Waals surface area contributed by atoms with Crippen LogP contribution in [0.25, 0.3) is 21.2 Å². The van der Waals surface area contributed by atoms with Crippen molar-refractivity contribution in [1.29, 1.82) is 0 Å². The van der Waals surface area contributed by atoms with Gasteiger partial charge >= 0.3 is 6.18 Å². The maximum absolute atomic E-state index is 14.5. The summed E-state index contributed by atoms with van der Waals surface area (Å²) < 4.78 is 49.9. The summed E-state index contributed by atoms with van der Waals surface area (Å²) in [5.74, 6) is -0.442. The molecule has 47 heavy (non-hydrogen) atoms. The van der Waals surface area contributed by atoms with E-state index in [0.29, 0.717) is 26.3 Å². The molecule has 3 aromatic carbocycles. The number of fused-ring (bicyclic) bond motifs is 1. The molecule has 0 spiro atoms. The zero-order valence-electron chi connectivity index (χ0n) is 26.9. The number of thiophene rings is 1. The van der Waals surface area contributed by atoms with Crippen LogP contribution in [0, 0.1) is 5.92 Å². The van der Waals surface area contributed by atoms with E-state index in [1.54, 1.807) is 23.5 Å². The maximum atomic E-state index is 14.5. The molecular formula is C36H44F3N5O2S. The Morgan fingerprint density at radius 3 is 2.32 bits per heavy atom. The number of hydrogen-bond acceptors (Lipinski definition) is 7. The number of rotatable bonds is 14. The first-order valence-corrected chi connectivity index (χ1v) is 17.0. The molecule has 2 atom stereocenters. The van der Waals surface area contributed by atoms with Crippen LogP contribution in [-0.4, -0.2) is 64.1 Å². The van der Waals surface area contributed by atoms with Gasteiger partial charge in [-0.1, -0.05) is 44.2 Å². The number of alkyl halides is 3. The van der Waals surface area contributed by atoms with Gasteiger partial charge in [0.15, 0.2) is 0 Å². The molecule has 1 amide bonds. The molecule has 0 aliphatic carbocycles. The highest BCUT2D eigenvalue weighted by molar-refractivity contribution is 7.19. The van der Waals surface area contributed by atoms with Crippen molar-refractivity contribution in [2.45, 2.75) is 44.9 Å². The predicted octanol–water partition coefficient (Wildman–Crippen LogP) is 6.74. The van der Waals surface area contributed by atoms with E-state index in [1.807, 2.05) is 50.2 Å². The average molecular weight is 668 g/mol. The van der Waals surface area contributed by atoms with E-state index in [2.05, 4.69) is 33.0 Å². The molecule has 5 N–H and O–H groups in total. The van der Waals surface area contributed by atoms with Gasteiger partial charge in [0.1, 0.15) is 6.04 Å².